The number of rotatable bonds is 5. The molecule has 1 rings (SSSR count). The Labute approximate surface area is 99.1 Å². The fourth-order valence-corrected chi connectivity index (χ4v) is 4.48. The van der Waals surface area contributed by atoms with Gasteiger partial charge < -0.3 is 0 Å². The van der Waals surface area contributed by atoms with Crippen molar-refractivity contribution >= 4 is 31.9 Å². The molecule has 0 aliphatic heterocycles. The third kappa shape index (κ3) is 3.23. The summed E-state index contributed by atoms with van der Waals surface area (Å²) in [7, 11) is 0. The highest BCUT2D eigenvalue weighted by Crippen LogP contribution is 2.40. The van der Waals surface area contributed by atoms with Crippen molar-refractivity contribution in [1.82, 2.24) is 0 Å². The molecule has 0 unspecified atom stereocenters. The molecule has 0 radical (unpaired) electrons. The highest BCUT2D eigenvalue weighted by Gasteiger charge is 2.30. The van der Waals surface area contributed by atoms with Crippen molar-refractivity contribution in [3.05, 3.63) is 0 Å². The smallest absolute Gasteiger partial charge is 0.00959 e. The molecule has 0 aromatic heterocycles. The zero-order valence-electron chi connectivity index (χ0n) is 8.49. The summed E-state index contributed by atoms with van der Waals surface area (Å²) in [5.74, 6) is 1.01. The van der Waals surface area contributed by atoms with Gasteiger partial charge in [0.15, 0.2) is 0 Å². The molecule has 1 aliphatic rings. The second-order valence-corrected chi connectivity index (χ2v) is 5.60. The van der Waals surface area contributed by atoms with E-state index >= 15 is 0 Å². The standard InChI is InChI=1S/C11H20Br2/c1-2-11(8-12,9-13)7-10-5-3-4-6-10/h10H,2-9H2,1H3. The molecule has 13 heavy (non-hydrogen) atoms. The van der Waals surface area contributed by atoms with E-state index in [0.717, 1.165) is 16.6 Å². The summed E-state index contributed by atoms with van der Waals surface area (Å²) in [5.41, 5.74) is 0.523. The van der Waals surface area contributed by atoms with E-state index in [-0.39, 0.29) is 0 Å². The van der Waals surface area contributed by atoms with Gasteiger partial charge in [-0.2, -0.15) is 0 Å². The van der Waals surface area contributed by atoms with Crippen LogP contribution in [-0.4, -0.2) is 10.7 Å². The van der Waals surface area contributed by atoms with E-state index in [1.807, 2.05) is 0 Å². The minimum atomic E-state index is 0.523. The van der Waals surface area contributed by atoms with Gasteiger partial charge in [-0.25, -0.2) is 0 Å². The van der Waals surface area contributed by atoms with Crippen molar-refractivity contribution in [2.24, 2.45) is 11.3 Å². The second-order valence-electron chi connectivity index (χ2n) is 4.48. The average molecular weight is 312 g/mol. The van der Waals surface area contributed by atoms with Gasteiger partial charge in [0, 0.05) is 10.7 Å². The second kappa shape index (κ2) is 5.75. The van der Waals surface area contributed by atoms with Gasteiger partial charge in [-0.3, -0.25) is 0 Å². The number of hydrogen-bond acceptors (Lipinski definition) is 0. The molecule has 0 aromatic rings. The Morgan fingerprint density at radius 3 is 2.08 bits per heavy atom. The Balaban J connectivity index is 2.44. The summed E-state index contributed by atoms with van der Waals surface area (Å²) in [6, 6.07) is 0. The van der Waals surface area contributed by atoms with Crippen LogP contribution in [0.2, 0.25) is 0 Å². The first-order chi connectivity index (χ1) is 6.26. The van der Waals surface area contributed by atoms with Gasteiger partial charge in [0.2, 0.25) is 0 Å². The van der Waals surface area contributed by atoms with Crippen LogP contribution in [0.15, 0.2) is 0 Å². The molecule has 0 saturated heterocycles. The van der Waals surface area contributed by atoms with Crippen molar-refractivity contribution in [2.75, 3.05) is 10.7 Å². The minimum Gasteiger partial charge on any atom is -0.0922 e. The van der Waals surface area contributed by atoms with Gasteiger partial charge in [-0.15, -0.1) is 0 Å². The van der Waals surface area contributed by atoms with Gasteiger partial charge >= 0.3 is 0 Å². The molecule has 0 amide bonds. The van der Waals surface area contributed by atoms with Crippen LogP contribution in [0.25, 0.3) is 0 Å². The molecule has 2 heteroatoms. The average Bonchev–Trinajstić information content (AvgIpc) is 2.67. The predicted molar refractivity (Wildman–Crippen MR) is 66.9 cm³/mol. The fourth-order valence-electron chi connectivity index (χ4n) is 2.31. The Morgan fingerprint density at radius 1 is 1.15 bits per heavy atom. The number of hydrogen-bond donors (Lipinski definition) is 0. The molecule has 1 saturated carbocycles. The van der Waals surface area contributed by atoms with Crippen LogP contribution in [-0.2, 0) is 0 Å². The Kier molecular flexibility index (Phi) is 5.32. The topological polar surface area (TPSA) is 0 Å². The Hall–Kier alpha value is 0.960. The summed E-state index contributed by atoms with van der Waals surface area (Å²) in [4.78, 5) is 0. The van der Waals surface area contributed by atoms with Crippen LogP contribution in [0.5, 0.6) is 0 Å². The van der Waals surface area contributed by atoms with Crippen LogP contribution < -0.4 is 0 Å². The Morgan fingerprint density at radius 2 is 1.69 bits per heavy atom. The molecule has 0 spiro atoms. The normalized spacial score (nSPS) is 19.6. The van der Waals surface area contributed by atoms with Crippen LogP contribution in [0.3, 0.4) is 0 Å². The summed E-state index contributed by atoms with van der Waals surface area (Å²) in [6.45, 7) is 2.32. The Bertz CT molecular complexity index is 127. The summed E-state index contributed by atoms with van der Waals surface area (Å²) < 4.78 is 0. The first-order valence-electron chi connectivity index (χ1n) is 5.38. The third-order valence-electron chi connectivity index (χ3n) is 3.51. The zero-order valence-corrected chi connectivity index (χ0v) is 11.7. The van der Waals surface area contributed by atoms with Gasteiger partial charge in [0.25, 0.3) is 0 Å². The van der Waals surface area contributed by atoms with E-state index in [1.54, 1.807) is 0 Å². The lowest BCUT2D eigenvalue weighted by Gasteiger charge is -2.31. The van der Waals surface area contributed by atoms with E-state index in [9.17, 15) is 0 Å². The summed E-state index contributed by atoms with van der Waals surface area (Å²) in [6.07, 6.45) is 8.59. The molecule has 0 nitrogen and oxygen atoms in total. The predicted octanol–water partition coefficient (Wildman–Crippen LogP) is 4.75. The third-order valence-corrected chi connectivity index (χ3v) is 5.89. The molecular weight excluding hydrogens is 292 g/mol. The minimum absolute atomic E-state index is 0.523. The zero-order chi connectivity index (χ0) is 9.73. The fraction of sp³-hybridized carbons (Fsp3) is 1.00. The lowest BCUT2D eigenvalue weighted by molar-refractivity contribution is 0.276. The van der Waals surface area contributed by atoms with Crippen molar-refractivity contribution in [3.8, 4) is 0 Å². The lowest BCUT2D eigenvalue weighted by Crippen LogP contribution is -2.26. The van der Waals surface area contributed by atoms with Crippen molar-refractivity contribution in [2.45, 2.75) is 45.4 Å². The molecule has 0 atom stereocenters. The van der Waals surface area contributed by atoms with E-state index in [0.29, 0.717) is 5.41 Å². The molecule has 78 valence electrons. The van der Waals surface area contributed by atoms with Gasteiger partial charge in [0.1, 0.15) is 0 Å². The van der Waals surface area contributed by atoms with Crippen LogP contribution in [0.1, 0.15) is 45.4 Å². The summed E-state index contributed by atoms with van der Waals surface area (Å²) in [5, 5.41) is 2.30. The maximum atomic E-state index is 3.67. The van der Waals surface area contributed by atoms with E-state index in [1.165, 1.54) is 38.5 Å². The van der Waals surface area contributed by atoms with Gasteiger partial charge in [-0.1, -0.05) is 64.5 Å². The highest BCUT2D eigenvalue weighted by atomic mass is 79.9. The van der Waals surface area contributed by atoms with Crippen LogP contribution >= 0.6 is 31.9 Å². The van der Waals surface area contributed by atoms with Gasteiger partial charge in [0.05, 0.1) is 0 Å². The number of halogens is 2. The monoisotopic (exact) mass is 310 g/mol. The molecular formula is C11H20Br2. The SMILES string of the molecule is CCC(CBr)(CBr)CC1CCCC1. The first-order valence-corrected chi connectivity index (χ1v) is 7.62. The first kappa shape index (κ1) is 12.0. The molecule has 0 heterocycles. The van der Waals surface area contributed by atoms with Crippen LogP contribution in [0, 0.1) is 11.3 Å². The maximum absolute atomic E-state index is 3.67. The molecule has 0 bridgehead atoms. The largest absolute Gasteiger partial charge is 0.0922 e. The van der Waals surface area contributed by atoms with Gasteiger partial charge in [-0.05, 0) is 24.2 Å². The highest BCUT2D eigenvalue weighted by molar-refractivity contribution is 9.09. The number of alkyl halides is 2. The van der Waals surface area contributed by atoms with Crippen molar-refractivity contribution < 1.29 is 0 Å². The lowest BCUT2D eigenvalue weighted by atomic mass is 9.80. The maximum Gasteiger partial charge on any atom is 0.00959 e. The van der Waals surface area contributed by atoms with E-state index < -0.39 is 0 Å². The van der Waals surface area contributed by atoms with Crippen molar-refractivity contribution in [3.63, 3.8) is 0 Å². The molecule has 1 fully saturated rings. The summed E-state index contributed by atoms with van der Waals surface area (Å²) >= 11 is 7.34. The molecule has 0 aromatic carbocycles. The molecule has 1 aliphatic carbocycles. The van der Waals surface area contributed by atoms with E-state index in [4.69, 9.17) is 0 Å². The van der Waals surface area contributed by atoms with Crippen molar-refractivity contribution in [1.29, 1.82) is 0 Å². The molecule has 0 N–H and O–H groups in total. The van der Waals surface area contributed by atoms with E-state index in [2.05, 4.69) is 38.8 Å². The quantitative estimate of drug-likeness (QED) is 0.643. The van der Waals surface area contributed by atoms with Crippen LogP contribution in [0.4, 0.5) is 0 Å².